The first-order valence-corrected chi connectivity index (χ1v) is 6.43. The van der Waals surface area contributed by atoms with Crippen LogP contribution in [0.3, 0.4) is 0 Å². The van der Waals surface area contributed by atoms with E-state index in [1.54, 1.807) is 48.5 Å². The average Bonchev–Trinajstić information content (AvgIpc) is 2.43. The fraction of sp³-hybridized carbons (Fsp3) is 0. The Bertz CT molecular complexity index is 645. The Kier molecular flexibility index (Phi) is 4.98. The van der Waals surface area contributed by atoms with Crippen molar-refractivity contribution in [3.63, 3.8) is 0 Å². The Hall–Kier alpha value is -2.04. The van der Waals surface area contributed by atoms with Gasteiger partial charge in [0, 0.05) is 10.6 Å². The summed E-state index contributed by atoms with van der Waals surface area (Å²) in [5.74, 6) is 0. The van der Waals surface area contributed by atoms with Crippen LogP contribution >= 0.6 is 23.2 Å². The van der Waals surface area contributed by atoms with Crippen LogP contribution in [0.2, 0.25) is 10.0 Å². The average molecular weight is 309 g/mol. The highest BCUT2D eigenvalue weighted by Crippen LogP contribution is 2.20. The standard InChI is InChI=1S/C14H10Cl2N2O2/c15-11-6-2-1-5-10(11)9-17-20-14(19)18-13-8-4-3-7-12(13)16/h1-9H,(H,18,19)/b17-9+. The molecule has 0 atom stereocenters. The molecule has 102 valence electrons. The molecule has 2 aromatic carbocycles. The minimum absolute atomic E-state index is 0.416. The maximum Gasteiger partial charge on any atom is 0.437 e. The number of hydrogen-bond acceptors (Lipinski definition) is 3. The first-order chi connectivity index (χ1) is 9.66. The fourth-order valence-corrected chi connectivity index (χ4v) is 1.77. The quantitative estimate of drug-likeness (QED) is 0.513. The number of benzene rings is 2. The largest absolute Gasteiger partial charge is 0.437 e. The third-order valence-electron chi connectivity index (χ3n) is 2.34. The molecule has 0 heterocycles. The summed E-state index contributed by atoms with van der Waals surface area (Å²) in [6, 6.07) is 13.9. The van der Waals surface area contributed by atoms with Crippen LogP contribution in [0.15, 0.2) is 53.7 Å². The van der Waals surface area contributed by atoms with E-state index < -0.39 is 6.09 Å². The Morgan fingerprint density at radius 1 is 1.05 bits per heavy atom. The SMILES string of the molecule is O=C(Nc1ccccc1Cl)O/N=C/c1ccccc1Cl. The number of amides is 1. The number of halogens is 2. The molecule has 0 fully saturated rings. The van der Waals surface area contributed by atoms with Crippen LogP contribution in [0.1, 0.15) is 5.56 Å². The third kappa shape index (κ3) is 3.98. The number of carbonyl (C=O) groups excluding carboxylic acids is 1. The van der Waals surface area contributed by atoms with Gasteiger partial charge < -0.3 is 0 Å². The fourth-order valence-electron chi connectivity index (χ4n) is 1.41. The molecule has 0 spiro atoms. The van der Waals surface area contributed by atoms with Crippen molar-refractivity contribution in [3.05, 3.63) is 64.1 Å². The van der Waals surface area contributed by atoms with Gasteiger partial charge in [-0.05, 0) is 18.2 Å². The lowest BCUT2D eigenvalue weighted by Crippen LogP contribution is -2.11. The number of oxime groups is 1. The number of hydrogen-bond donors (Lipinski definition) is 1. The van der Waals surface area contributed by atoms with Gasteiger partial charge in [-0.3, -0.25) is 10.2 Å². The van der Waals surface area contributed by atoms with Crippen molar-refractivity contribution in [2.75, 3.05) is 5.32 Å². The Morgan fingerprint density at radius 3 is 2.40 bits per heavy atom. The molecule has 2 aromatic rings. The lowest BCUT2D eigenvalue weighted by Gasteiger charge is -2.04. The number of nitrogens with one attached hydrogen (secondary N) is 1. The monoisotopic (exact) mass is 308 g/mol. The van der Waals surface area contributed by atoms with E-state index in [1.807, 2.05) is 0 Å². The van der Waals surface area contributed by atoms with E-state index in [1.165, 1.54) is 6.21 Å². The zero-order chi connectivity index (χ0) is 14.4. The predicted molar refractivity (Wildman–Crippen MR) is 80.6 cm³/mol. The van der Waals surface area contributed by atoms with Crippen LogP contribution in [0.4, 0.5) is 10.5 Å². The number of para-hydroxylation sites is 1. The van der Waals surface area contributed by atoms with Crippen molar-refractivity contribution in [1.82, 2.24) is 0 Å². The van der Waals surface area contributed by atoms with E-state index in [0.29, 0.717) is 21.3 Å². The van der Waals surface area contributed by atoms with Crippen LogP contribution < -0.4 is 5.32 Å². The smallest absolute Gasteiger partial charge is 0.298 e. The van der Waals surface area contributed by atoms with Gasteiger partial charge in [0.15, 0.2) is 0 Å². The second-order valence-corrected chi connectivity index (χ2v) is 4.55. The zero-order valence-electron chi connectivity index (χ0n) is 10.2. The first-order valence-electron chi connectivity index (χ1n) is 5.67. The summed E-state index contributed by atoms with van der Waals surface area (Å²) in [4.78, 5) is 16.2. The van der Waals surface area contributed by atoms with Crippen molar-refractivity contribution in [3.8, 4) is 0 Å². The Morgan fingerprint density at radius 2 is 1.70 bits per heavy atom. The van der Waals surface area contributed by atoms with E-state index >= 15 is 0 Å². The predicted octanol–water partition coefficient (Wildman–Crippen LogP) is 4.58. The summed E-state index contributed by atoms with van der Waals surface area (Å²) in [6.07, 6.45) is 0.621. The van der Waals surface area contributed by atoms with Gasteiger partial charge >= 0.3 is 6.09 Å². The first kappa shape index (κ1) is 14.4. The molecule has 0 aliphatic heterocycles. The number of nitrogens with zero attached hydrogens (tertiary/aromatic N) is 1. The summed E-state index contributed by atoms with van der Waals surface area (Å²) in [5, 5.41) is 6.97. The minimum Gasteiger partial charge on any atom is -0.298 e. The second-order valence-electron chi connectivity index (χ2n) is 3.74. The summed E-state index contributed by atoms with van der Waals surface area (Å²) < 4.78 is 0. The molecule has 0 aromatic heterocycles. The molecule has 0 aliphatic rings. The van der Waals surface area contributed by atoms with Gasteiger partial charge in [0.05, 0.1) is 16.9 Å². The number of rotatable bonds is 3. The minimum atomic E-state index is -0.735. The molecule has 0 aliphatic carbocycles. The Labute approximate surface area is 125 Å². The van der Waals surface area contributed by atoms with Crippen LogP contribution in [-0.4, -0.2) is 12.3 Å². The lowest BCUT2D eigenvalue weighted by atomic mass is 10.2. The van der Waals surface area contributed by atoms with Crippen LogP contribution in [-0.2, 0) is 4.84 Å². The van der Waals surface area contributed by atoms with Gasteiger partial charge in [0.2, 0.25) is 0 Å². The molecular formula is C14H10Cl2N2O2. The van der Waals surface area contributed by atoms with E-state index in [4.69, 9.17) is 23.2 Å². The van der Waals surface area contributed by atoms with Crippen molar-refractivity contribution < 1.29 is 9.63 Å². The number of carbonyl (C=O) groups is 1. The zero-order valence-corrected chi connectivity index (χ0v) is 11.7. The van der Waals surface area contributed by atoms with Gasteiger partial charge in [-0.2, -0.15) is 0 Å². The van der Waals surface area contributed by atoms with Crippen molar-refractivity contribution >= 4 is 41.2 Å². The molecule has 0 bridgehead atoms. The third-order valence-corrected chi connectivity index (χ3v) is 3.02. The summed E-state index contributed by atoms with van der Waals surface area (Å²) in [5.41, 5.74) is 1.10. The van der Waals surface area contributed by atoms with Crippen LogP contribution in [0, 0.1) is 0 Å². The normalized spacial score (nSPS) is 10.5. The van der Waals surface area contributed by atoms with Crippen molar-refractivity contribution in [1.29, 1.82) is 0 Å². The molecule has 6 heteroatoms. The lowest BCUT2D eigenvalue weighted by molar-refractivity contribution is 0.167. The van der Waals surface area contributed by atoms with Crippen molar-refractivity contribution in [2.24, 2.45) is 5.16 Å². The highest BCUT2D eigenvalue weighted by molar-refractivity contribution is 6.33. The van der Waals surface area contributed by atoms with Crippen molar-refractivity contribution in [2.45, 2.75) is 0 Å². The van der Waals surface area contributed by atoms with E-state index in [2.05, 4.69) is 15.3 Å². The molecular weight excluding hydrogens is 299 g/mol. The topological polar surface area (TPSA) is 50.7 Å². The summed E-state index contributed by atoms with van der Waals surface area (Å²) >= 11 is 11.8. The highest BCUT2D eigenvalue weighted by atomic mass is 35.5. The van der Waals surface area contributed by atoms with Crippen LogP contribution in [0.25, 0.3) is 0 Å². The highest BCUT2D eigenvalue weighted by Gasteiger charge is 2.05. The molecule has 2 rings (SSSR count). The van der Waals surface area contributed by atoms with Gasteiger partial charge in [-0.15, -0.1) is 0 Å². The molecule has 0 unspecified atom stereocenters. The summed E-state index contributed by atoms with van der Waals surface area (Å²) in [7, 11) is 0. The van der Waals surface area contributed by atoms with E-state index in [0.717, 1.165) is 0 Å². The molecule has 0 saturated carbocycles. The molecule has 0 saturated heterocycles. The number of anilines is 1. The molecule has 0 radical (unpaired) electrons. The van der Waals surface area contributed by atoms with Crippen LogP contribution in [0.5, 0.6) is 0 Å². The molecule has 1 N–H and O–H groups in total. The van der Waals surface area contributed by atoms with E-state index in [9.17, 15) is 4.79 Å². The molecule has 1 amide bonds. The Balaban J connectivity index is 1.93. The van der Waals surface area contributed by atoms with Gasteiger partial charge in [0.25, 0.3) is 0 Å². The summed E-state index contributed by atoms with van der Waals surface area (Å²) in [6.45, 7) is 0. The maximum atomic E-state index is 11.5. The molecule has 4 nitrogen and oxygen atoms in total. The van der Waals surface area contributed by atoms with E-state index in [-0.39, 0.29) is 0 Å². The molecule has 20 heavy (non-hydrogen) atoms. The second kappa shape index (κ2) is 6.93. The van der Waals surface area contributed by atoms with Gasteiger partial charge in [-0.1, -0.05) is 58.7 Å². The van der Waals surface area contributed by atoms with Gasteiger partial charge in [-0.25, -0.2) is 4.79 Å². The maximum absolute atomic E-state index is 11.5. The van der Waals surface area contributed by atoms with Gasteiger partial charge in [0.1, 0.15) is 0 Å².